The molecule has 0 aliphatic carbocycles. The standard InChI is InChI=1S/C15H17ClN4O2S/c1-9(2)19-20-15-18-14(22)12(23-15)7-13(21)17-8-10-3-5-11(16)6-4-10/h3-6,12H,7-8H2,1-2H3,(H,17,21)(H,18,20,22). The molecule has 1 aliphatic heterocycles. The highest BCUT2D eigenvalue weighted by molar-refractivity contribution is 8.15. The van der Waals surface area contributed by atoms with Crippen molar-refractivity contribution < 1.29 is 9.59 Å². The van der Waals surface area contributed by atoms with Crippen LogP contribution in [0.5, 0.6) is 0 Å². The maximum Gasteiger partial charge on any atom is 0.240 e. The van der Waals surface area contributed by atoms with Crippen LogP contribution in [0.2, 0.25) is 5.02 Å². The first-order valence-corrected chi connectivity index (χ1v) is 8.27. The van der Waals surface area contributed by atoms with Crippen LogP contribution in [0.4, 0.5) is 0 Å². The first kappa shape index (κ1) is 17.5. The van der Waals surface area contributed by atoms with Crippen LogP contribution in [0.15, 0.2) is 34.5 Å². The highest BCUT2D eigenvalue weighted by Crippen LogP contribution is 2.22. The van der Waals surface area contributed by atoms with Crippen molar-refractivity contribution in [1.82, 2.24) is 10.6 Å². The fraction of sp³-hybridized carbons (Fsp3) is 0.333. The van der Waals surface area contributed by atoms with Crippen LogP contribution in [0.25, 0.3) is 0 Å². The van der Waals surface area contributed by atoms with Crippen molar-refractivity contribution in [3.63, 3.8) is 0 Å². The zero-order chi connectivity index (χ0) is 16.8. The van der Waals surface area contributed by atoms with Crippen LogP contribution in [0.1, 0.15) is 25.8 Å². The van der Waals surface area contributed by atoms with Crippen LogP contribution in [-0.2, 0) is 16.1 Å². The molecule has 8 heteroatoms. The molecule has 0 spiro atoms. The second-order valence-electron chi connectivity index (χ2n) is 5.16. The van der Waals surface area contributed by atoms with Crippen molar-refractivity contribution in [3.05, 3.63) is 34.9 Å². The third-order valence-corrected chi connectivity index (χ3v) is 4.22. The molecule has 1 unspecified atom stereocenters. The van der Waals surface area contributed by atoms with Crippen molar-refractivity contribution >= 4 is 46.1 Å². The summed E-state index contributed by atoms with van der Waals surface area (Å²) in [5.41, 5.74) is 1.73. The minimum atomic E-state index is -0.480. The van der Waals surface area contributed by atoms with Crippen molar-refractivity contribution in [1.29, 1.82) is 0 Å². The third kappa shape index (κ3) is 5.69. The van der Waals surface area contributed by atoms with E-state index in [4.69, 9.17) is 11.6 Å². The molecule has 2 amide bonds. The number of nitrogens with one attached hydrogen (secondary N) is 2. The van der Waals surface area contributed by atoms with Gasteiger partial charge < -0.3 is 10.6 Å². The summed E-state index contributed by atoms with van der Waals surface area (Å²) in [6, 6.07) is 7.22. The highest BCUT2D eigenvalue weighted by atomic mass is 35.5. The van der Waals surface area contributed by atoms with Crippen LogP contribution >= 0.6 is 23.4 Å². The molecule has 1 aromatic rings. The van der Waals surface area contributed by atoms with Gasteiger partial charge in [0.15, 0.2) is 5.17 Å². The molecular weight excluding hydrogens is 336 g/mol. The SMILES string of the molecule is CC(C)=N/N=C1/NC(=O)C(CC(=O)NCc2ccc(Cl)cc2)S1. The van der Waals surface area contributed by atoms with Crippen molar-refractivity contribution in [2.75, 3.05) is 0 Å². The number of carbonyl (C=O) groups is 2. The third-order valence-electron chi connectivity index (χ3n) is 2.89. The Morgan fingerprint density at radius 3 is 2.70 bits per heavy atom. The molecule has 1 heterocycles. The quantitative estimate of drug-likeness (QED) is 0.630. The average molecular weight is 353 g/mol. The topological polar surface area (TPSA) is 82.9 Å². The number of amides is 2. The predicted molar refractivity (Wildman–Crippen MR) is 93.7 cm³/mol. The minimum Gasteiger partial charge on any atom is -0.352 e. The second-order valence-corrected chi connectivity index (χ2v) is 6.78. The molecule has 1 aromatic carbocycles. The van der Waals surface area contributed by atoms with Gasteiger partial charge in [-0.15, -0.1) is 5.10 Å². The zero-order valence-corrected chi connectivity index (χ0v) is 14.4. The Bertz CT molecular complexity index is 654. The molecule has 23 heavy (non-hydrogen) atoms. The van der Waals surface area contributed by atoms with E-state index < -0.39 is 5.25 Å². The van der Waals surface area contributed by atoms with E-state index in [1.807, 2.05) is 26.0 Å². The Morgan fingerprint density at radius 2 is 2.04 bits per heavy atom. The van der Waals surface area contributed by atoms with E-state index in [0.717, 1.165) is 11.3 Å². The van der Waals surface area contributed by atoms with Gasteiger partial charge in [0.2, 0.25) is 11.8 Å². The monoisotopic (exact) mass is 352 g/mol. The van der Waals surface area contributed by atoms with E-state index in [1.165, 1.54) is 11.8 Å². The average Bonchev–Trinajstić information content (AvgIpc) is 2.85. The lowest BCUT2D eigenvalue weighted by Gasteiger charge is -2.07. The molecule has 1 aliphatic rings. The molecular formula is C15H17ClN4O2S. The van der Waals surface area contributed by atoms with Crippen molar-refractivity contribution in [3.8, 4) is 0 Å². The Morgan fingerprint density at radius 1 is 1.35 bits per heavy atom. The van der Waals surface area contributed by atoms with Gasteiger partial charge in [-0.05, 0) is 31.5 Å². The minimum absolute atomic E-state index is 0.0952. The normalized spacial score (nSPS) is 18.7. The van der Waals surface area contributed by atoms with E-state index in [0.29, 0.717) is 16.7 Å². The van der Waals surface area contributed by atoms with Crippen molar-refractivity contribution in [2.24, 2.45) is 10.2 Å². The summed E-state index contributed by atoms with van der Waals surface area (Å²) in [7, 11) is 0. The zero-order valence-electron chi connectivity index (χ0n) is 12.8. The van der Waals surface area contributed by atoms with E-state index >= 15 is 0 Å². The molecule has 2 N–H and O–H groups in total. The number of amidine groups is 1. The molecule has 1 saturated heterocycles. The lowest BCUT2D eigenvalue weighted by molar-refractivity contribution is -0.125. The molecule has 1 fully saturated rings. The Labute approximate surface area is 143 Å². The van der Waals surface area contributed by atoms with Crippen LogP contribution in [-0.4, -0.2) is 27.9 Å². The van der Waals surface area contributed by atoms with Gasteiger partial charge in [0.1, 0.15) is 5.25 Å². The van der Waals surface area contributed by atoms with Crippen LogP contribution < -0.4 is 10.6 Å². The largest absolute Gasteiger partial charge is 0.352 e. The number of hydrogen-bond acceptors (Lipinski definition) is 5. The van der Waals surface area contributed by atoms with Gasteiger partial charge >= 0.3 is 0 Å². The Hall–Kier alpha value is -1.86. The number of nitrogens with zero attached hydrogens (tertiary/aromatic N) is 2. The first-order chi connectivity index (χ1) is 10.9. The Kier molecular flexibility index (Phi) is 6.18. The number of halogens is 1. The molecule has 6 nitrogen and oxygen atoms in total. The molecule has 122 valence electrons. The number of carbonyl (C=O) groups excluding carboxylic acids is 2. The van der Waals surface area contributed by atoms with Gasteiger partial charge in [0.25, 0.3) is 0 Å². The second kappa shape index (κ2) is 8.12. The highest BCUT2D eigenvalue weighted by Gasteiger charge is 2.32. The Balaban J connectivity index is 1.83. The molecule has 2 rings (SSSR count). The van der Waals surface area contributed by atoms with Gasteiger partial charge in [-0.1, -0.05) is 35.5 Å². The molecule has 0 saturated carbocycles. The van der Waals surface area contributed by atoms with Gasteiger partial charge in [0.05, 0.1) is 0 Å². The number of benzene rings is 1. The van der Waals surface area contributed by atoms with E-state index in [-0.39, 0.29) is 18.2 Å². The van der Waals surface area contributed by atoms with E-state index in [9.17, 15) is 9.59 Å². The fourth-order valence-electron chi connectivity index (χ4n) is 1.78. The predicted octanol–water partition coefficient (Wildman–Crippen LogP) is 2.33. The smallest absolute Gasteiger partial charge is 0.240 e. The number of thioether (sulfide) groups is 1. The summed E-state index contributed by atoms with van der Waals surface area (Å²) in [6.07, 6.45) is 0.0952. The first-order valence-electron chi connectivity index (χ1n) is 7.01. The summed E-state index contributed by atoms with van der Waals surface area (Å²) < 4.78 is 0. The molecule has 0 aromatic heterocycles. The lowest BCUT2D eigenvalue weighted by atomic mass is 10.2. The summed E-state index contributed by atoms with van der Waals surface area (Å²) in [5.74, 6) is -0.414. The summed E-state index contributed by atoms with van der Waals surface area (Å²) in [6.45, 7) is 4.02. The summed E-state index contributed by atoms with van der Waals surface area (Å²) >= 11 is 7.02. The van der Waals surface area contributed by atoms with Gasteiger partial charge in [-0.3, -0.25) is 9.59 Å². The van der Waals surface area contributed by atoms with Gasteiger partial charge in [0, 0.05) is 23.7 Å². The van der Waals surface area contributed by atoms with Crippen LogP contribution in [0, 0.1) is 0 Å². The molecule has 0 bridgehead atoms. The number of rotatable bonds is 5. The fourth-order valence-corrected chi connectivity index (χ4v) is 2.82. The van der Waals surface area contributed by atoms with Crippen LogP contribution in [0.3, 0.4) is 0 Å². The molecule has 1 atom stereocenters. The van der Waals surface area contributed by atoms with Gasteiger partial charge in [-0.25, -0.2) is 0 Å². The maximum absolute atomic E-state index is 12.0. The van der Waals surface area contributed by atoms with Gasteiger partial charge in [-0.2, -0.15) is 5.10 Å². The molecule has 0 radical (unpaired) electrons. The van der Waals surface area contributed by atoms with Crippen molar-refractivity contribution in [2.45, 2.75) is 32.1 Å². The lowest BCUT2D eigenvalue weighted by Crippen LogP contribution is -2.31. The number of hydrogen-bond donors (Lipinski definition) is 2. The van der Waals surface area contributed by atoms with E-state index in [1.54, 1.807) is 12.1 Å². The summed E-state index contributed by atoms with van der Waals surface area (Å²) in [4.78, 5) is 23.8. The summed E-state index contributed by atoms with van der Waals surface area (Å²) in [5, 5.41) is 13.8. The van der Waals surface area contributed by atoms with E-state index in [2.05, 4.69) is 20.8 Å². The maximum atomic E-state index is 12.0.